The molecule has 142 valence electrons. The second-order valence-electron chi connectivity index (χ2n) is 7.72. The molecule has 0 amide bonds. The van der Waals surface area contributed by atoms with Gasteiger partial charge >= 0.3 is 0 Å². The predicted octanol–water partition coefficient (Wildman–Crippen LogP) is 1.25. The van der Waals surface area contributed by atoms with E-state index in [0.29, 0.717) is 11.5 Å². The summed E-state index contributed by atoms with van der Waals surface area (Å²) in [5, 5.41) is 19.4. The van der Waals surface area contributed by atoms with E-state index in [1.165, 1.54) is 0 Å². The minimum absolute atomic E-state index is 0.197. The number of pyridine rings is 1. The Labute approximate surface area is 157 Å². The predicted molar refractivity (Wildman–Crippen MR) is 103 cm³/mol. The number of aryl methyl sites for hydroxylation is 2. The second-order valence-corrected chi connectivity index (χ2v) is 7.72. The third kappa shape index (κ3) is 4.01. The Balaban J connectivity index is 1.70. The summed E-state index contributed by atoms with van der Waals surface area (Å²) in [5.41, 5.74) is 2.66. The fourth-order valence-corrected chi connectivity index (χ4v) is 4.16. The first-order valence-corrected chi connectivity index (χ1v) is 9.74. The number of nitriles is 1. The number of anilines is 1. The van der Waals surface area contributed by atoms with Gasteiger partial charge in [-0.3, -0.25) is 0 Å². The van der Waals surface area contributed by atoms with Gasteiger partial charge in [0.2, 0.25) is 0 Å². The second kappa shape index (κ2) is 8.34. The molecule has 1 aromatic rings. The van der Waals surface area contributed by atoms with Crippen molar-refractivity contribution in [2.75, 3.05) is 63.9 Å². The molecule has 0 spiro atoms. The molecule has 0 aliphatic carbocycles. The molecular formula is C20H31N5O. The minimum atomic E-state index is 0.197. The van der Waals surface area contributed by atoms with E-state index in [1.54, 1.807) is 0 Å². The van der Waals surface area contributed by atoms with Crippen LogP contribution in [0.15, 0.2) is 6.07 Å². The van der Waals surface area contributed by atoms with E-state index in [4.69, 9.17) is 4.98 Å². The van der Waals surface area contributed by atoms with Crippen LogP contribution in [0.1, 0.15) is 23.7 Å². The highest BCUT2D eigenvalue weighted by atomic mass is 16.3. The summed E-state index contributed by atoms with van der Waals surface area (Å²) < 4.78 is 0. The zero-order chi connectivity index (χ0) is 18.7. The van der Waals surface area contributed by atoms with Gasteiger partial charge in [0, 0.05) is 64.0 Å². The van der Waals surface area contributed by atoms with Crippen molar-refractivity contribution in [2.45, 2.75) is 20.8 Å². The average molecular weight is 358 g/mol. The van der Waals surface area contributed by atoms with Gasteiger partial charge < -0.3 is 19.8 Å². The first-order valence-electron chi connectivity index (χ1n) is 9.74. The van der Waals surface area contributed by atoms with Crippen LogP contribution in [0, 0.1) is 37.0 Å². The Kier molecular flexibility index (Phi) is 6.13. The van der Waals surface area contributed by atoms with Crippen LogP contribution in [0.25, 0.3) is 0 Å². The van der Waals surface area contributed by atoms with Crippen molar-refractivity contribution in [1.29, 1.82) is 5.26 Å². The molecule has 1 aromatic heterocycles. The van der Waals surface area contributed by atoms with Crippen molar-refractivity contribution < 1.29 is 5.11 Å². The van der Waals surface area contributed by atoms with Crippen molar-refractivity contribution >= 4 is 5.82 Å². The SMILES string of the molecule is CCN1CCN(C[C@@H]2CN(c3nc(C)c(C)cc3C#N)C[C@@H]2CO)CC1. The Hall–Kier alpha value is -1.68. The third-order valence-corrected chi connectivity index (χ3v) is 6.08. The van der Waals surface area contributed by atoms with Crippen molar-refractivity contribution in [3.8, 4) is 6.07 Å². The van der Waals surface area contributed by atoms with E-state index in [2.05, 4.69) is 27.7 Å². The zero-order valence-electron chi connectivity index (χ0n) is 16.3. The molecule has 1 N–H and O–H groups in total. The lowest BCUT2D eigenvalue weighted by Crippen LogP contribution is -2.48. The van der Waals surface area contributed by atoms with Crippen molar-refractivity contribution in [2.24, 2.45) is 11.8 Å². The van der Waals surface area contributed by atoms with Gasteiger partial charge in [0.1, 0.15) is 11.9 Å². The summed E-state index contributed by atoms with van der Waals surface area (Å²) in [5.74, 6) is 1.45. The molecule has 3 rings (SSSR count). The smallest absolute Gasteiger partial charge is 0.146 e. The summed E-state index contributed by atoms with van der Waals surface area (Å²) in [7, 11) is 0. The van der Waals surface area contributed by atoms with Crippen LogP contribution in [-0.4, -0.2) is 78.9 Å². The molecule has 6 nitrogen and oxygen atoms in total. The van der Waals surface area contributed by atoms with Crippen LogP contribution >= 0.6 is 0 Å². The number of likely N-dealkylation sites (N-methyl/N-ethyl adjacent to an activating group) is 1. The third-order valence-electron chi connectivity index (χ3n) is 6.08. The van der Waals surface area contributed by atoms with Crippen LogP contribution in [0.3, 0.4) is 0 Å². The van der Waals surface area contributed by atoms with Gasteiger partial charge in [-0.2, -0.15) is 5.26 Å². The summed E-state index contributed by atoms with van der Waals surface area (Å²) in [6.07, 6.45) is 0. The summed E-state index contributed by atoms with van der Waals surface area (Å²) in [4.78, 5) is 11.9. The van der Waals surface area contributed by atoms with Gasteiger partial charge in [0.15, 0.2) is 0 Å². The normalized spacial score (nSPS) is 24.8. The lowest BCUT2D eigenvalue weighted by Gasteiger charge is -2.36. The molecule has 0 radical (unpaired) electrons. The minimum Gasteiger partial charge on any atom is -0.396 e. The topological polar surface area (TPSA) is 66.6 Å². The Bertz CT molecular complexity index is 663. The number of piperazine rings is 1. The van der Waals surface area contributed by atoms with Crippen LogP contribution in [0.5, 0.6) is 0 Å². The maximum Gasteiger partial charge on any atom is 0.146 e. The van der Waals surface area contributed by atoms with Crippen LogP contribution in [0.4, 0.5) is 5.82 Å². The van der Waals surface area contributed by atoms with E-state index in [1.807, 2.05) is 19.9 Å². The lowest BCUT2D eigenvalue weighted by atomic mass is 9.96. The van der Waals surface area contributed by atoms with E-state index >= 15 is 0 Å². The lowest BCUT2D eigenvalue weighted by molar-refractivity contribution is 0.106. The molecule has 0 aromatic carbocycles. The zero-order valence-corrected chi connectivity index (χ0v) is 16.3. The fourth-order valence-electron chi connectivity index (χ4n) is 4.16. The molecule has 3 heterocycles. The Morgan fingerprint density at radius 3 is 2.42 bits per heavy atom. The van der Waals surface area contributed by atoms with Gasteiger partial charge in [-0.25, -0.2) is 4.98 Å². The Morgan fingerprint density at radius 2 is 1.81 bits per heavy atom. The number of aromatic nitrogens is 1. The highest BCUT2D eigenvalue weighted by Crippen LogP contribution is 2.30. The van der Waals surface area contributed by atoms with Gasteiger partial charge in [-0.1, -0.05) is 6.92 Å². The number of aliphatic hydroxyl groups excluding tert-OH is 1. The van der Waals surface area contributed by atoms with Crippen molar-refractivity contribution in [3.05, 3.63) is 22.9 Å². The van der Waals surface area contributed by atoms with Gasteiger partial charge in [0.25, 0.3) is 0 Å². The summed E-state index contributed by atoms with van der Waals surface area (Å²) in [6.45, 7) is 14.7. The summed E-state index contributed by atoms with van der Waals surface area (Å²) in [6, 6.07) is 4.23. The number of hydrogen-bond donors (Lipinski definition) is 1. The molecule has 2 atom stereocenters. The molecule has 26 heavy (non-hydrogen) atoms. The first kappa shape index (κ1) is 19.1. The average Bonchev–Trinajstić information content (AvgIpc) is 3.06. The van der Waals surface area contributed by atoms with Crippen molar-refractivity contribution in [1.82, 2.24) is 14.8 Å². The standard InChI is InChI=1S/C20H31N5O/c1-4-23-5-7-24(8-6-23)11-18-12-25(13-19(18)14-26)20-17(10-21)9-15(2)16(3)22-20/h9,18-19,26H,4-8,11-14H2,1-3H3/t18-,19-/m1/s1. The highest BCUT2D eigenvalue weighted by Gasteiger charge is 2.35. The molecule has 0 unspecified atom stereocenters. The Morgan fingerprint density at radius 1 is 1.15 bits per heavy atom. The van der Waals surface area contributed by atoms with Gasteiger partial charge in [0.05, 0.1) is 5.56 Å². The molecule has 0 saturated carbocycles. The number of hydrogen-bond acceptors (Lipinski definition) is 6. The van der Waals surface area contributed by atoms with E-state index < -0.39 is 0 Å². The fraction of sp³-hybridized carbons (Fsp3) is 0.700. The molecule has 0 bridgehead atoms. The van der Waals surface area contributed by atoms with Crippen LogP contribution < -0.4 is 4.90 Å². The molecule has 6 heteroatoms. The molecule has 2 fully saturated rings. The van der Waals surface area contributed by atoms with Crippen molar-refractivity contribution in [3.63, 3.8) is 0 Å². The largest absolute Gasteiger partial charge is 0.396 e. The van der Waals surface area contributed by atoms with Crippen LogP contribution in [0.2, 0.25) is 0 Å². The van der Waals surface area contributed by atoms with E-state index in [9.17, 15) is 10.4 Å². The summed E-state index contributed by atoms with van der Waals surface area (Å²) >= 11 is 0. The maximum atomic E-state index is 9.90. The maximum absolute atomic E-state index is 9.90. The molecular weight excluding hydrogens is 326 g/mol. The molecule has 2 saturated heterocycles. The quantitative estimate of drug-likeness (QED) is 0.856. The van der Waals surface area contributed by atoms with Crippen LogP contribution in [-0.2, 0) is 0 Å². The number of rotatable bonds is 5. The highest BCUT2D eigenvalue weighted by molar-refractivity contribution is 5.56. The molecule has 2 aliphatic rings. The van der Waals surface area contributed by atoms with E-state index in [-0.39, 0.29) is 12.5 Å². The monoisotopic (exact) mass is 357 g/mol. The molecule has 2 aliphatic heterocycles. The first-order chi connectivity index (χ1) is 12.5. The van der Waals surface area contributed by atoms with Gasteiger partial charge in [-0.05, 0) is 37.9 Å². The van der Waals surface area contributed by atoms with Gasteiger partial charge in [-0.15, -0.1) is 0 Å². The number of aliphatic hydroxyl groups is 1. The van der Waals surface area contributed by atoms with E-state index in [0.717, 1.165) is 69.4 Å². The number of nitrogens with zero attached hydrogens (tertiary/aromatic N) is 5.